The topological polar surface area (TPSA) is 46.5 Å². The highest BCUT2D eigenvalue weighted by molar-refractivity contribution is 7.73. The molecule has 0 saturated carbocycles. The van der Waals surface area contributed by atoms with Gasteiger partial charge < -0.3 is 9.84 Å². The van der Waals surface area contributed by atoms with Gasteiger partial charge in [0.05, 0.1) is 18.1 Å². The summed E-state index contributed by atoms with van der Waals surface area (Å²) in [6, 6.07) is 21.2. The van der Waals surface area contributed by atoms with Gasteiger partial charge in [0.2, 0.25) is 0 Å². The fourth-order valence-electron chi connectivity index (χ4n) is 2.91. The van der Waals surface area contributed by atoms with Gasteiger partial charge in [0.1, 0.15) is 0 Å². The first-order valence-corrected chi connectivity index (χ1v) is 11.6. The lowest BCUT2D eigenvalue weighted by Gasteiger charge is -2.20. The standard InChI is InChI=1S/C24H33O3P.B/c1-24(2,3)23(26)27-18-11-10-12-20(25)17-19-28(21-13-6-4-7-14-21)22-15-8-5-9-16-22;/h4-9,13-16,20,25H,10-12,17-19H2,1-3H3;/t20-;/m0./s1. The number of aliphatic hydroxyl groups excluding tert-OH is 1. The molecular formula is C24H33BO3P. The molecule has 3 radical (unpaired) electrons. The lowest BCUT2D eigenvalue weighted by Crippen LogP contribution is -2.23. The van der Waals surface area contributed by atoms with Crippen LogP contribution in [-0.2, 0) is 9.53 Å². The highest BCUT2D eigenvalue weighted by Crippen LogP contribution is 2.34. The van der Waals surface area contributed by atoms with Crippen LogP contribution in [0, 0.1) is 5.41 Å². The van der Waals surface area contributed by atoms with Gasteiger partial charge in [-0.25, -0.2) is 0 Å². The highest BCUT2D eigenvalue weighted by atomic mass is 31.1. The lowest BCUT2D eigenvalue weighted by atomic mass is 9.97. The van der Waals surface area contributed by atoms with Crippen molar-refractivity contribution in [3.05, 3.63) is 60.7 Å². The van der Waals surface area contributed by atoms with Crippen LogP contribution in [0.15, 0.2) is 60.7 Å². The van der Waals surface area contributed by atoms with Crippen molar-refractivity contribution in [2.24, 2.45) is 5.41 Å². The minimum Gasteiger partial charge on any atom is -0.465 e. The van der Waals surface area contributed by atoms with E-state index in [9.17, 15) is 9.90 Å². The molecular weight excluding hydrogens is 378 g/mol. The maximum atomic E-state index is 11.7. The van der Waals surface area contributed by atoms with Crippen LogP contribution >= 0.6 is 7.92 Å². The Morgan fingerprint density at radius 1 is 0.931 bits per heavy atom. The fourth-order valence-corrected chi connectivity index (χ4v) is 5.34. The zero-order valence-electron chi connectivity index (χ0n) is 17.9. The Bertz CT molecular complexity index is 662. The van der Waals surface area contributed by atoms with Gasteiger partial charge >= 0.3 is 5.97 Å². The van der Waals surface area contributed by atoms with Gasteiger partial charge in [-0.15, -0.1) is 0 Å². The first-order valence-electron chi connectivity index (χ1n) is 10.1. The lowest BCUT2D eigenvalue weighted by molar-refractivity contribution is -0.153. The van der Waals surface area contributed by atoms with Gasteiger partial charge in [-0.05, 0) is 71.1 Å². The molecule has 1 atom stereocenters. The van der Waals surface area contributed by atoms with Crippen molar-refractivity contribution in [1.29, 1.82) is 0 Å². The summed E-state index contributed by atoms with van der Waals surface area (Å²) in [6.45, 7) is 6.01. The minimum absolute atomic E-state index is 0. The van der Waals surface area contributed by atoms with E-state index in [2.05, 4.69) is 48.5 Å². The van der Waals surface area contributed by atoms with Gasteiger partial charge in [0, 0.05) is 8.41 Å². The van der Waals surface area contributed by atoms with Crippen molar-refractivity contribution in [2.45, 2.75) is 52.6 Å². The van der Waals surface area contributed by atoms with E-state index in [1.54, 1.807) is 0 Å². The second-order valence-corrected chi connectivity index (χ2v) is 10.5. The zero-order chi connectivity index (χ0) is 20.4. The van der Waals surface area contributed by atoms with Crippen molar-refractivity contribution in [3.63, 3.8) is 0 Å². The summed E-state index contributed by atoms with van der Waals surface area (Å²) in [4.78, 5) is 11.7. The van der Waals surface area contributed by atoms with E-state index in [0.29, 0.717) is 6.61 Å². The summed E-state index contributed by atoms with van der Waals surface area (Å²) in [5.74, 6) is -0.163. The van der Waals surface area contributed by atoms with E-state index in [-0.39, 0.29) is 20.5 Å². The van der Waals surface area contributed by atoms with Crippen LogP contribution in [0.1, 0.15) is 46.5 Å². The van der Waals surface area contributed by atoms with Gasteiger partial charge in [0.25, 0.3) is 0 Å². The molecule has 0 unspecified atom stereocenters. The predicted octanol–water partition coefficient (Wildman–Crippen LogP) is 4.25. The van der Waals surface area contributed by atoms with Crippen molar-refractivity contribution < 1.29 is 14.6 Å². The van der Waals surface area contributed by atoms with E-state index in [1.165, 1.54) is 10.6 Å². The van der Waals surface area contributed by atoms with Gasteiger partial charge in [-0.3, -0.25) is 4.79 Å². The van der Waals surface area contributed by atoms with E-state index >= 15 is 0 Å². The van der Waals surface area contributed by atoms with Crippen molar-refractivity contribution in [3.8, 4) is 0 Å². The number of benzene rings is 2. The molecule has 0 aliphatic heterocycles. The van der Waals surface area contributed by atoms with Crippen LogP contribution in [0.5, 0.6) is 0 Å². The zero-order valence-corrected chi connectivity index (χ0v) is 18.8. The molecule has 0 aliphatic carbocycles. The monoisotopic (exact) mass is 411 g/mol. The van der Waals surface area contributed by atoms with Crippen LogP contribution in [0.25, 0.3) is 0 Å². The Morgan fingerprint density at radius 3 is 1.93 bits per heavy atom. The molecule has 29 heavy (non-hydrogen) atoms. The first kappa shape index (κ1) is 25.4. The van der Waals surface area contributed by atoms with Crippen LogP contribution in [0.4, 0.5) is 0 Å². The number of unbranched alkanes of at least 4 members (excludes halogenated alkanes) is 1. The third kappa shape index (κ3) is 9.15. The largest absolute Gasteiger partial charge is 0.465 e. The van der Waals surface area contributed by atoms with Crippen molar-refractivity contribution in [1.82, 2.24) is 0 Å². The SMILES string of the molecule is CC(C)(C)C(=O)OCCCC[C@H](O)CCP(c1ccccc1)c1ccccc1.[B]. The number of rotatable bonds is 10. The summed E-state index contributed by atoms with van der Waals surface area (Å²) in [6.07, 6.45) is 3.87. The quantitative estimate of drug-likeness (QED) is 0.275. The Balaban J connectivity index is 0.00000420. The highest BCUT2D eigenvalue weighted by Gasteiger charge is 2.22. The van der Waals surface area contributed by atoms with Crippen molar-refractivity contribution >= 4 is 32.9 Å². The third-order valence-corrected chi connectivity index (χ3v) is 7.15. The predicted molar refractivity (Wildman–Crippen MR) is 125 cm³/mol. The van der Waals surface area contributed by atoms with Gasteiger partial charge in [-0.1, -0.05) is 60.7 Å². The van der Waals surface area contributed by atoms with E-state index in [4.69, 9.17) is 4.74 Å². The Labute approximate surface area is 179 Å². The summed E-state index contributed by atoms with van der Waals surface area (Å²) >= 11 is 0. The molecule has 0 heterocycles. The van der Waals surface area contributed by atoms with Gasteiger partial charge in [-0.2, -0.15) is 0 Å². The number of carbonyl (C=O) groups is 1. The third-order valence-electron chi connectivity index (χ3n) is 4.60. The first-order chi connectivity index (χ1) is 13.4. The van der Waals surface area contributed by atoms with E-state index in [0.717, 1.165) is 31.8 Å². The summed E-state index contributed by atoms with van der Waals surface area (Å²) in [5, 5.41) is 13.1. The molecule has 0 aliphatic rings. The molecule has 2 rings (SSSR count). The molecule has 2 aromatic carbocycles. The summed E-state index contributed by atoms with van der Waals surface area (Å²) < 4.78 is 5.28. The molecule has 0 saturated heterocycles. The molecule has 0 amide bonds. The Hall–Kier alpha value is -1.64. The molecule has 1 N–H and O–H groups in total. The normalized spacial score (nSPS) is 12.3. The molecule has 0 bridgehead atoms. The fraction of sp³-hybridized carbons (Fsp3) is 0.458. The molecule has 0 spiro atoms. The number of ether oxygens (including phenoxy) is 1. The van der Waals surface area contributed by atoms with Crippen LogP contribution in [0.3, 0.4) is 0 Å². The maximum Gasteiger partial charge on any atom is 0.311 e. The van der Waals surface area contributed by atoms with Crippen LogP contribution in [-0.4, -0.2) is 38.4 Å². The second-order valence-electron chi connectivity index (χ2n) is 8.15. The number of hydrogen-bond donors (Lipinski definition) is 1. The maximum absolute atomic E-state index is 11.7. The Kier molecular flexibility index (Phi) is 11.2. The number of esters is 1. The molecule has 155 valence electrons. The molecule has 3 nitrogen and oxygen atoms in total. The molecule has 0 aromatic heterocycles. The minimum atomic E-state index is -0.456. The molecule has 0 fully saturated rings. The number of aliphatic hydroxyl groups is 1. The number of carbonyl (C=O) groups excluding carboxylic acids is 1. The van der Waals surface area contributed by atoms with E-state index < -0.39 is 13.3 Å². The average molecular weight is 411 g/mol. The van der Waals surface area contributed by atoms with E-state index in [1.807, 2.05) is 32.9 Å². The number of hydrogen-bond acceptors (Lipinski definition) is 3. The average Bonchev–Trinajstić information content (AvgIpc) is 2.68. The summed E-state index contributed by atoms with van der Waals surface area (Å²) in [7, 11) is -0.456. The van der Waals surface area contributed by atoms with Gasteiger partial charge in [0.15, 0.2) is 0 Å². The smallest absolute Gasteiger partial charge is 0.311 e. The molecule has 5 heteroatoms. The summed E-state index contributed by atoms with van der Waals surface area (Å²) in [5.41, 5.74) is -0.453. The Morgan fingerprint density at radius 2 is 1.45 bits per heavy atom. The van der Waals surface area contributed by atoms with Crippen LogP contribution in [0.2, 0.25) is 0 Å². The van der Waals surface area contributed by atoms with Crippen molar-refractivity contribution in [2.75, 3.05) is 12.8 Å². The second kappa shape index (κ2) is 12.8. The van der Waals surface area contributed by atoms with Crippen LogP contribution < -0.4 is 10.6 Å². The molecule has 2 aromatic rings.